The number of rotatable bonds is 17. The summed E-state index contributed by atoms with van der Waals surface area (Å²) in [5.74, 6) is -0.166. The lowest BCUT2D eigenvalue weighted by Gasteiger charge is -2.19. The summed E-state index contributed by atoms with van der Waals surface area (Å²) in [5, 5.41) is 21.8. The molecule has 3 N–H and O–H groups in total. The Labute approximate surface area is 160 Å². The topological polar surface area (TPSA) is 69.6 Å². The van der Waals surface area contributed by atoms with Crippen molar-refractivity contribution in [2.75, 3.05) is 6.61 Å². The third-order valence-corrected chi connectivity index (χ3v) is 4.50. The molecule has 0 spiro atoms. The third kappa shape index (κ3) is 15.2. The highest BCUT2D eigenvalue weighted by Gasteiger charge is 2.16. The van der Waals surface area contributed by atoms with Crippen LogP contribution in [0.5, 0.6) is 0 Å². The molecule has 0 bridgehead atoms. The fraction of sp³-hybridized carbons (Fsp3) is 0.773. The van der Waals surface area contributed by atoms with Crippen molar-refractivity contribution in [2.45, 2.75) is 103 Å². The fourth-order valence-corrected chi connectivity index (χ4v) is 2.74. The van der Waals surface area contributed by atoms with Crippen LogP contribution in [0.2, 0.25) is 0 Å². The van der Waals surface area contributed by atoms with E-state index in [1.165, 1.54) is 51.4 Å². The highest BCUT2D eigenvalue weighted by molar-refractivity contribution is 5.75. The molecule has 0 aromatic heterocycles. The Morgan fingerprint density at radius 3 is 2.08 bits per heavy atom. The molecule has 0 aliphatic heterocycles. The van der Waals surface area contributed by atoms with Crippen molar-refractivity contribution in [3.63, 3.8) is 0 Å². The molecule has 0 saturated heterocycles. The van der Waals surface area contributed by atoms with Gasteiger partial charge in [0.05, 0.1) is 18.8 Å². The number of hydrogen-bond acceptors (Lipinski definition) is 3. The largest absolute Gasteiger partial charge is 0.394 e. The zero-order chi connectivity index (χ0) is 19.5. The van der Waals surface area contributed by atoms with Crippen molar-refractivity contribution in [2.24, 2.45) is 0 Å². The van der Waals surface area contributed by atoms with E-state index in [9.17, 15) is 15.0 Å². The number of carbonyl (C=O) groups excluding carboxylic acids is 1. The van der Waals surface area contributed by atoms with Gasteiger partial charge in [0.2, 0.25) is 5.91 Å². The molecule has 0 aliphatic carbocycles. The highest BCUT2D eigenvalue weighted by Crippen LogP contribution is 2.10. The average molecular weight is 368 g/mol. The van der Waals surface area contributed by atoms with E-state index in [0.29, 0.717) is 6.42 Å². The smallest absolute Gasteiger partial charge is 0.220 e. The van der Waals surface area contributed by atoms with Crippen molar-refractivity contribution in [1.29, 1.82) is 0 Å². The van der Waals surface area contributed by atoms with E-state index in [1.54, 1.807) is 13.0 Å². The van der Waals surface area contributed by atoms with Crippen LogP contribution in [0.1, 0.15) is 90.9 Å². The van der Waals surface area contributed by atoms with Crippen LogP contribution in [0, 0.1) is 0 Å². The molecule has 0 fully saturated rings. The van der Waals surface area contributed by atoms with Gasteiger partial charge in [-0.1, -0.05) is 83.1 Å². The maximum Gasteiger partial charge on any atom is 0.220 e. The maximum absolute atomic E-state index is 11.3. The van der Waals surface area contributed by atoms with Gasteiger partial charge in [0, 0.05) is 6.42 Å². The summed E-state index contributed by atoms with van der Waals surface area (Å²) in [6, 6.07) is -0.629. The number of amides is 1. The van der Waals surface area contributed by atoms with Gasteiger partial charge in [-0.05, 0) is 25.7 Å². The summed E-state index contributed by atoms with van der Waals surface area (Å²) in [4.78, 5) is 11.3. The minimum absolute atomic E-state index is 0.166. The Kier molecular flexibility index (Phi) is 17.8. The molecule has 0 rings (SSSR count). The van der Waals surface area contributed by atoms with Gasteiger partial charge in [-0.15, -0.1) is 0 Å². The monoisotopic (exact) mass is 367 g/mol. The molecule has 26 heavy (non-hydrogen) atoms. The van der Waals surface area contributed by atoms with Gasteiger partial charge in [-0.25, -0.2) is 0 Å². The van der Waals surface area contributed by atoms with Crippen LogP contribution in [0.3, 0.4) is 0 Å². The molecule has 0 radical (unpaired) electrons. The predicted molar refractivity (Wildman–Crippen MR) is 110 cm³/mol. The average Bonchev–Trinajstić information content (AvgIpc) is 2.65. The number of aliphatic hydroxyl groups excluding tert-OH is 2. The predicted octanol–water partition coefficient (Wildman–Crippen LogP) is 4.66. The molecule has 152 valence electrons. The van der Waals surface area contributed by atoms with Gasteiger partial charge in [0.25, 0.3) is 0 Å². The van der Waals surface area contributed by atoms with E-state index in [-0.39, 0.29) is 12.5 Å². The molecule has 0 aromatic rings. The van der Waals surface area contributed by atoms with Gasteiger partial charge in [0.1, 0.15) is 0 Å². The molecule has 1 amide bonds. The summed E-state index contributed by atoms with van der Waals surface area (Å²) in [7, 11) is 0. The van der Waals surface area contributed by atoms with E-state index in [1.807, 2.05) is 6.08 Å². The van der Waals surface area contributed by atoms with Gasteiger partial charge in [0.15, 0.2) is 0 Å². The molecule has 4 heteroatoms. The summed E-state index contributed by atoms with van der Waals surface area (Å²) >= 11 is 0. The van der Waals surface area contributed by atoms with Gasteiger partial charge < -0.3 is 15.5 Å². The molecule has 0 heterocycles. The lowest BCUT2D eigenvalue weighted by molar-refractivity contribution is -0.122. The quantitative estimate of drug-likeness (QED) is 0.259. The van der Waals surface area contributed by atoms with Crippen LogP contribution in [0.4, 0.5) is 0 Å². The third-order valence-electron chi connectivity index (χ3n) is 4.50. The number of nitrogens with one attached hydrogen (secondary N) is 1. The Bertz CT molecular complexity index is 380. The molecule has 2 unspecified atom stereocenters. The van der Waals surface area contributed by atoms with Crippen molar-refractivity contribution < 1.29 is 15.0 Å². The van der Waals surface area contributed by atoms with Crippen molar-refractivity contribution in [3.8, 4) is 0 Å². The first-order valence-electron chi connectivity index (χ1n) is 10.6. The number of aliphatic hydroxyl groups is 2. The van der Waals surface area contributed by atoms with E-state index in [4.69, 9.17) is 0 Å². The summed E-state index contributed by atoms with van der Waals surface area (Å²) < 4.78 is 0. The Hall–Kier alpha value is -1.13. The minimum atomic E-state index is -0.850. The lowest BCUT2D eigenvalue weighted by atomic mass is 10.1. The minimum Gasteiger partial charge on any atom is -0.394 e. The Morgan fingerprint density at radius 1 is 0.885 bits per heavy atom. The van der Waals surface area contributed by atoms with Crippen LogP contribution in [-0.2, 0) is 4.79 Å². The highest BCUT2D eigenvalue weighted by atomic mass is 16.3. The summed E-state index contributed by atoms with van der Waals surface area (Å²) in [6.07, 6.45) is 21.3. The van der Waals surface area contributed by atoms with E-state index in [0.717, 1.165) is 19.3 Å². The zero-order valence-electron chi connectivity index (χ0n) is 17.0. The molecule has 0 saturated carbocycles. The number of hydrogen-bond donors (Lipinski definition) is 3. The van der Waals surface area contributed by atoms with Gasteiger partial charge in [-0.3, -0.25) is 4.79 Å². The molecular weight excluding hydrogens is 326 g/mol. The first-order valence-corrected chi connectivity index (χ1v) is 10.6. The molecule has 4 nitrogen and oxygen atoms in total. The standard InChI is InChI=1S/C22H41NO3/c1-3-5-6-7-8-9-10-11-12-13-14-15-16-17-18-21(25)20(19-24)23-22(26)4-2/h13-14,17-18,20-21,24-25H,3-12,15-16,19H2,1-2H3,(H,23,26)/b14-13+,18-17+. The zero-order valence-corrected chi connectivity index (χ0v) is 17.0. The lowest BCUT2D eigenvalue weighted by Crippen LogP contribution is -2.44. The number of carbonyl (C=O) groups is 1. The SMILES string of the molecule is CCCCCCCCCC/C=C/CC/C=C/C(O)C(CO)NC(=O)CC. The van der Waals surface area contributed by atoms with E-state index < -0.39 is 12.1 Å². The van der Waals surface area contributed by atoms with Crippen molar-refractivity contribution >= 4 is 5.91 Å². The first-order chi connectivity index (χ1) is 12.7. The second-order valence-electron chi connectivity index (χ2n) is 6.94. The van der Waals surface area contributed by atoms with Gasteiger partial charge >= 0.3 is 0 Å². The van der Waals surface area contributed by atoms with Gasteiger partial charge in [-0.2, -0.15) is 0 Å². The second-order valence-corrected chi connectivity index (χ2v) is 6.94. The van der Waals surface area contributed by atoms with E-state index in [2.05, 4.69) is 24.4 Å². The van der Waals surface area contributed by atoms with Crippen LogP contribution < -0.4 is 5.32 Å². The first kappa shape index (κ1) is 24.9. The maximum atomic E-state index is 11.3. The second kappa shape index (κ2) is 18.7. The molecule has 0 aliphatic rings. The fourth-order valence-electron chi connectivity index (χ4n) is 2.74. The number of unbranched alkanes of at least 4 members (excludes halogenated alkanes) is 9. The summed E-state index contributed by atoms with van der Waals surface area (Å²) in [5.41, 5.74) is 0. The summed E-state index contributed by atoms with van der Waals surface area (Å²) in [6.45, 7) is 3.73. The van der Waals surface area contributed by atoms with Crippen molar-refractivity contribution in [3.05, 3.63) is 24.3 Å². The molecule has 0 aromatic carbocycles. The molecular formula is C22H41NO3. The number of allylic oxidation sites excluding steroid dienone is 3. The van der Waals surface area contributed by atoms with E-state index >= 15 is 0 Å². The molecule has 2 atom stereocenters. The Morgan fingerprint density at radius 2 is 1.46 bits per heavy atom. The van der Waals surface area contributed by atoms with Crippen LogP contribution in [0.25, 0.3) is 0 Å². The van der Waals surface area contributed by atoms with Crippen LogP contribution in [-0.4, -0.2) is 34.9 Å². The normalized spacial score (nSPS) is 14.2. The Balaban J connectivity index is 3.63. The van der Waals surface area contributed by atoms with Crippen LogP contribution >= 0.6 is 0 Å². The van der Waals surface area contributed by atoms with Crippen LogP contribution in [0.15, 0.2) is 24.3 Å². The van der Waals surface area contributed by atoms with Crippen molar-refractivity contribution in [1.82, 2.24) is 5.32 Å².